The zero-order valence-electron chi connectivity index (χ0n) is 13.9. The van der Waals surface area contributed by atoms with Gasteiger partial charge in [-0.25, -0.2) is 9.18 Å². The molecular weight excluding hydrogens is 311 g/mol. The van der Waals surface area contributed by atoms with Crippen molar-refractivity contribution in [2.24, 2.45) is 0 Å². The van der Waals surface area contributed by atoms with Crippen LogP contribution in [0.4, 0.5) is 14.9 Å². The zero-order chi connectivity index (χ0) is 16.8. The highest BCUT2D eigenvalue weighted by atomic mass is 19.1. The quantitative estimate of drug-likeness (QED) is 0.917. The topological polar surface area (TPSA) is 50.8 Å². The zero-order valence-corrected chi connectivity index (χ0v) is 13.9. The molecule has 2 heterocycles. The minimum atomic E-state index is -0.357. The maximum absolute atomic E-state index is 13.2. The highest BCUT2D eigenvalue weighted by Crippen LogP contribution is 2.19. The number of nitrogens with one attached hydrogen (secondary N) is 1. The average Bonchev–Trinajstić information content (AvgIpc) is 2.61. The number of carbonyl (C=O) groups is 1. The summed E-state index contributed by atoms with van der Waals surface area (Å²) in [6.07, 6.45) is 5.51. The molecule has 5 nitrogen and oxygen atoms in total. The SMILES string of the molecule is O=C(Nc1cccc(F)c1)N1CCC(OC[C@H]2CCCCO2)CC1. The van der Waals surface area contributed by atoms with Gasteiger partial charge in [-0.05, 0) is 50.3 Å². The number of halogens is 1. The molecule has 0 bridgehead atoms. The largest absolute Gasteiger partial charge is 0.376 e. The van der Waals surface area contributed by atoms with Crippen LogP contribution in [-0.4, -0.2) is 49.4 Å². The first-order valence-electron chi connectivity index (χ1n) is 8.75. The second kappa shape index (κ2) is 8.44. The fourth-order valence-electron chi connectivity index (χ4n) is 3.18. The predicted molar refractivity (Wildman–Crippen MR) is 89.6 cm³/mol. The lowest BCUT2D eigenvalue weighted by Crippen LogP contribution is -2.43. The third kappa shape index (κ3) is 4.92. The van der Waals surface area contributed by atoms with Crippen LogP contribution in [0.3, 0.4) is 0 Å². The van der Waals surface area contributed by atoms with Crippen LogP contribution in [0.15, 0.2) is 24.3 Å². The van der Waals surface area contributed by atoms with Crippen LogP contribution in [0.25, 0.3) is 0 Å². The van der Waals surface area contributed by atoms with Gasteiger partial charge in [0.15, 0.2) is 0 Å². The van der Waals surface area contributed by atoms with Gasteiger partial charge in [-0.1, -0.05) is 6.07 Å². The van der Waals surface area contributed by atoms with Crippen LogP contribution < -0.4 is 5.32 Å². The number of anilines is 1. The Morgan fingerprint density at radius 2 is 2.12 bits per heavy atom. The Bertz CT molecular complexity index is 541. The second-order valence-electron chi connectivity index (χ2n) is 6.45. The molecule has 2 amide bonds. The predicted octanol–water partition coefficient (Wildman–Crippen LogP) is 3.41. The molecular formula is C18H25FN2O3. The lowest BCUT2D eigenvalue weighted by molar-refractivity contribution is -0.0726. The van der Waals surface area contributed by atoms with Gasteiger partial charge in [0.05, 0.1) is 18.8 Å². The van der Waals surface area contributed by atoms with Gasteiger partial charge in [-0.15, -0.1) is 0 Å². The summed E-state index contributed by atoms with van der Waals surface area (Å²) in [5.41, 5.74) is 0.479. The van der Waals surface area contributed by atoms with Crippen molar-refractivity contribution in [3.63, 3.8) is 0 Å². The third-order valence-corrected chi connectivity index (χ3v) is 4.60. The molecule has 2 fully saturated rings. The van der Waals surface area contributed by atoms with E-state index in [1.54, 1.807) is 17.0 Å². The first-order chi connectivity index (χ1) is 11.7. The minimum absolute atomic E-state index is 0.185. The molecule has 6 heteroatoms. The van der Waals surface area contributed by atoms with Gasteiger partial charge in [-0.2, -0.15) is 0 Å². The number of ether oxygens (including phenoxy) is 2. The molecule has 0 spiro atoms. The first-order valence-corrected chi connectivity index (χ1v) is 8.75. The van der Waals surface area contributed by atoms with Crippen LogP contribution in [-0.2, 0) is 9.47 Å². The fraction of sp³-hybridized carbons (Fsp3) is 0.611. The molecule has 0 unspecified atom stereocenters. The highest BCUT2D eigenvalue weighted by Gasteiger charge is 2.24. The Hall–Kier alpha value is -1.66. The van der Waals surface area contributed by atoms with E-state index in [0.29, 0.717) is 25.4 Å². The highest BCUT2D eigenvalue weighted by molar-refractivity contribution is 5.89. The molecule has 2 saturated heterocycles. The van der Waals surface area contributed by atoms with Gasteiger partial charge in [0.25, 0.3) is 0 Å². The van der Waals surface area contributed by atoms with Gasteiger partial charge < -0.3 is 19.7 Å². The van der Waals surface area contributed by atoms with Crippen LogP contribution >= 0.6 is 0 Å². The minimum Gasteiger partial charge on any atom is -0.376 e. The molecule has 1 aromatic rings. The summed E-state index contributed by atoms with van der Waals surface area (Å²) in [6, 6.07) is 5.75. The number of amides is 2. The van der Waals surface area contributed by atoms with E-state index in [-0.39, 0.29) is 24.1 Å². The van der Waals surface area contributed by atoms with E-state index in [9.17, 15) is 9.18 Å². The fourth-order valence-corrected chi connectivity index (χ4v) is 3.18. The van der Waals surface area contributed by atoms with Crippen molar-refractivity contribution in [3.8, 4) is 0 Å². The molecule has 2 aliphatic heterocycles. The van der Waals surface area contributed by atoms with E-state index in [2.05, 4.69) is 5.32 Å². The Balaban J connectivity index is 1.38. The summed E-state index contributed by atoms with van der Waals surface area (Å²) < 4.78 is 24.8. The number of rotatable bonds is 4. The molecule has 1 N–H and O–H groups in total. The van der Waals surface area contributed by atoms with Gasteiger partial charge in [0.2, 0.25) is 0 Å². The number of likely N-dealkylation sites (tertiary alicyclic amines) is 1. The second-order valence-corrected chi connectivity index (χ2v) is 6.45. The molecule has 0 aliphatic carbocycles. The van der Waals surface area contributed by atoms with Crippen molar-refractivity contribution in [1.29, 1.82) is 0 Å². The number of nitrogens with zero attached hydrogens (tertiary/aromatic N) is 1. The molecule has 0 radical (unpaired) electrons. The smallest absolute Gasteiger partial charge is 0.321 e. The van der Waals surface area contributed by atoms with Crippen molar-refractivity contribution in [3.05, 3.63) is 30.1 Å². The van der Waals surface area contributed by atoms with Gasteiger partial charge in [-0.3, -0.25) is 0 Å². The molecule has 2 aliphatic rings. The summed E-state index contributed by atoms with van der Waals surface area (Å²) >= 11 is 0. The summed E-state index contributed by atoms with van der Waals surface area (Å²) in [7, 11) is 0. The first kappa shape index (κ1) is 17.2. The number of hydrogen-bond donors (Lipinski definition) is 1. The van der Waals surface area contributed by atoms with E-state index < -0.39 is 0 Å². The van der Waals surface area contributed by atoms with Gasteiger partial charge in [0.1, 0.15) is 5.82 Å². The molecule has 1 aromatic carbocycles. The monoisotopic (exact) mass is 336 g/mol. The Labute approximate surface area is 142 Å². The standard InChI is InChI=1S/C18H25FN2O3/c19-14-4-3-5-15(12-14)20-18(22)21-9-7-16(8-10-21)24-13-17-6-1-2-11-23-17/h3-5,12,16-17H,1-2,6-11,13H2,(H,20,22)/t17-/m1/s1. The Morgan fingerprint density at radius 3 is 2.83 bits per heavy atom. The van der Waals surface area contributed by atoms with E-state index in [4.69, 9.17) is 9.47 Å². The maximum atomic E-state index is 13.2. The van der Waals surface area contributed by atoms with Crippen LogP contribution in [0.5, 0.6) is 0 Å². The van der Waals surface area contributed by atoms with Crippen molar-refractivity contribution < 1.29 is 18.7 Å². The van der Waals surface area contributed by atoms with E-state index in [1.807, 2.05) is 0 Å². The molecule has 0 aromatic heterocycles. The summed E-state index contributed by atoms with van der Waals surface area (Å²) in [6.45, 7) is 2.79. The third-order valence-electron chi connectivity index (χ3n) is 4.60. The molecule has 3 rings (SSSR count). The number of hydrogen-bond acceptors (Lipinski definition) is 3. The lowest BCUT2D eigenvalue weighted by Gasteiger charge is -2.33. The van der Waals surface area contributed by atoms with Crippen molar-refractivity contribution in [2.75, 3.05) is 31.6 Å². The number of carbonyl (C=O) groups excluding carboxylic acids is 1. The summed E-state index contributed by atoms with van der Waals surface area (Å²) in [5, 5.41) is 2.74. The van der Waals surface area contributed by atoms with E-state index in [0.717, 1.165) is 32.3 Å². The van der Waals surface area contributed by atoms with Crippen LogP contribution in [0, 0.1) is 5.82 Å². The number of benzene rings is 1. The maximum Gasteiger partial charge on any atom is 0.321 e. The molecule has 24 heavy (non-hydrogen) atoms. The van der Waals surface area contributed by atoms with Crippen LogP contribution in [0.1, 0.15) is 32.1 Å². The molecule has 132 valence electrons. The lowest BCUT2D eigenvalue weighted by atomic mass is 10.1. The average molecular weight is 336 g/mol. The van der Waals surface area contributed by atoms with Crippen molar-refractivity contribution in [1.82, 2.24) is 4.90 Å². The summed E-state index contributed by atoms with van der Waals surface area (Å²) in [5.74, 6) is -0.357. The number of piperidine rings is 1. The van der Waals surface area contributed by atoms with E-state index in [1.165, 1.54) is 18.6 Å². The van der Waals surface area contributed by atoms with Gasteiger partial charge in [0, 0.05) is 25.4 Å². The van der Waals surface area contributed by atoms with Gasteiger partial charge >= 0.3 is 6.03 Å². The number of urea groups is 1. The van der Waals surface area contributed by atoms with E-state index >= 15 is 0 Å². The Kier molecular flexibility index (Phi) is 6.04. The summed E-state index contributed by atoms with van der Waals surface area (Å²) in [4.78, 5) is 14.0. The van der Waals surface area contributed by atoms with Crippen molar-refractivity contribution in [2.45, 2.75) is 44.3 Å². The van der Waals surface area contributed by atoms with Crippen LogP contribution in [0.2, 0.25) is 0 Å². The normalized spacial score (nSPS) is 22.4. The molecule has 0 saturated carbocycles. The van der Waals surface area contributed by atoms with Crippen molar-refractivity contribution >= 4 is 11.7 Å². The molecule has 1 atom stereocenters. The Morgan fingerprint density at radius 1 is 1.29 bits per heavy atom.